The molecule has 0 saturated heterocycles. The van der Waals surface area contributed by atoms with Gasteiger partial charge in [0.25, 0.3) is 5.60 Å². The van der Waals surface area contributed by atoms with Crippen LogP contribution >= 0.6 is 11.3 Å². The quantitative estimate of drug-likeness (QED) is 0.686. The molecule has 0 saturated carbocycles. The Bertz CT molecular complexity index is 434. The van der Waals surface area contributed by atoms with Crippen LogP contribution in [0, 0.1) is 5.92 Å². The molecular formula is C10H8F6O2S. The number of ketones is 1. The number of hydrogen-bond acceptors (Lipinski definition) is 3. The van der Waals surface area contributed by atoms with Crippen LogP contribution in [-0.4, -0.2) is 28.8 Å². The van der Waals surface area contributed by atoms with E-state index in [-0.39, 0.29) is 4.88 Å². The average molecular weight is 306 g/mol. The van der Waals surface area contributed by atoms with Crippen molar-refractivity contribution in [2.24, 2.45) is 5.92 Å². The number of rotatable bonds is 3. The number of carbonyl (C=O) groups is 1. The molecule has 0 aliphatic carbocycles. The molecule has 1 unspecified atom stereocenters. The number of hydrogen-bond donors (Lipinski definition) is 1. The first-order chi connectivity index (χ1) is 8.43. The highest BCUT2D eigenvalue weighted by Crippen LogP contribution is 2.48. The van der Waals surface area contributed by atoms with Crippen molar-refractivity contribution in [3.63, 3.8) is 0 Å². The van der Waals surface area contributed by atoms with Gasteiger partial charge in [0.1, 0.15) is 0 Å². The summed E-state index contributed by atoms with van der Waals surface area (Å²) in [5.74, 6) is -4.10. The first-order valence-electron chi connectivity index (χ1n) is 4.86. The summed E-state index contributed by atoms with van der Waals surface area (Å²) in [6.45, 7) is 0.406. The summed E-state index contributed by atoms with van der Waals surface area (Å²) < 4.78 is 75.2. The van der Waals surface area contributed by atoms with Gasteiger partial charge in [-0.3, -0.25) is 4.79 Å². The van der Waals surface area contributed by atoms with E-state index in [1.54, 1.807) is 0 Å². The van der Waals surface area contributed by atoms with E-state index in [1.807, 2.05) is 0 Å². The van der Waals surface area contributed by atoms with Crippen LogP contribution in [0.25, 0.3) is 0 Å². The predicted molar refractivity (Wildman–Crippen MR) is 54.9 cm³/mol. The molecule has 0 bridgehead atoms. The molecule has 1 aromatic heterocycles. The highest BCUT2D eigenvalue weighted by molar-refractivity contribution is 7.12. The number of carbonyl (C=O) groups excluding carboxylic acids is 1. The minimum absolute atomic E-state index is 0.278. The zero-order valence-corrected chi connectivity index (χ0v) is 10.2. The van der Waals surface area contributed by atoms with Crippen LogP contribution in [0.15, 0.2) is 17.5 Å². The van der Waals surface area contributed by atoms with Crippen molar-refractivity contribution in [2.45, 2.75) is 24.9 Å². The Kier molecular flexibility index (Phi) is 4.02. The van der Waals surface area contributed by atoms with Gasteiger partial charge in [-0.25, -0.2) is 0 Å². The fourth-order valence-corrected chi connectivity index (χ4v) is 2.23. The van der Waals surface area contributed by atoms with Gasteiger partial charge in [0.05, 0.1) is 10.8 Å². The summed E-state index contributed by atoms with van der Waals surface area (Å²) in [6, 6.07) is 2.40. The first kappa shape index (κ1) is 16.0. The molecule has 0 aromatic carbocycles. The van der Waals surface area contributed by atoms with Crippen molar-refractivity contribution in [2.75, 3.05) is 0 Å². The van der Waals surface area contributed by atoms with E-state index in [0.29, 0.717) is 18.3 Å². The van der Waals surface area contributed by atoms with E-state index in [1.165, 1.54) is 11.4 Å². The van der Waals surface area contributed by atoms with Gasteiger partial charge in [-0.15, -0.1) is 11.3 Å². The van der Waals surface area contributed by atoms with Crippen LogP contribution in [0.2, 0.25) is 0 Å². The Morgan fingerprint density at radius 1 is 1.21 bits per heavy atom. The van der Waals surface area contributed by atoms with E-state index >= 15 is 0 Å². The van der Waals surface area contributed by atoms with Crippen molar-refractivity contribution in [1.82, 2.24) is 0 Å². The van der Waals surface area contributed by atoms with Crippen molar-refractivity contribution >= 4 is 17.1 Å². The van der Waals surface area contributed by atoms with Crippen LogP contribution in [0.5, 0.6) is 0 Å². The van der Waals surface area contributed by atoms with Crippen LogP contribution in [0.3, 0.4) is 0 Å². The van der Waals surface area contributed by atoms with Gasteiger partial charge < -0.3 is 5.11 Å². The summed E-state index contributed by atoms with van der Waals surface area (Å²) in [7, 11) is 0. The fraction of sp³-hybridized carbons (Fsp3) is 0.500. The molecule has 1 N–H and O–H groups in total. The Morgan fingerprint density at radius 2 is 1.68 bits per heavy atom. The third kappa shape index (κ3) is 2.62. The largest absolute Gasteiger partial charge is 0.427 e. The SMILES string of the molecule is CC(C(=O)c1cccs1)C(O)(C(F)(F)F)C(F)(F)F. The first-order valence-corrected chi connectivity index (χ1v) is 5.74. The molecule has 108 valence electrons. The molecule has 1 heterocycles. The number of aliphatic hydroxyl groups is 1. The number of Topliss-reactive ketones (excluding diaryl/α,β-unsaturated/α-hetero) is 1. The summed E-state index contributed by atoms with van der Waals surface area (Å²) in [4.78, 5) is 11.3. The van der Waals surface area contributed by atoms with E-state index in [4.69, 9.17) is 5.11 Å². The van der Waals surface area contributed by atoms with Gasteiger partial charge in [0, 0.05) is 0 Å². The number of thiophene rings is 1. The maximum absolute atomic E-state index is 12.5. The van der Waals surface area contributed by atoms with Gasteiger partial charge in [-0.1, -0.05) is 13.0 Å². The lowest BCUT2D eigenvalue weighted by Gasteiger charge is -2.36. The monoisotopic (exact) mass is 306 g/mol. The second kappa shape index (κ2) is 4.78. The van der Waals surface area contributed by atoms with Crippen molar-refractivity contribution in [1.29, 1.82) is 0 Å². The lowest BCUT2D eigenvalue weighted by molar-refractivity contribution is -0.377. The highest BCUT2D eigenvalue weighted by Gasteiger charge is 2.74. The summed E-state index contributed by atoms with van der Waals surface area (Å²) in [5.41, 5.74) is -5.07. The topological polar surface area (TPSA) is 37.3 Å². The zero-order valence-electron chi connectivity index (χ0n) is 9.34. The molecule has 19 heavy (non-hydrogen) atoms. The van der Waals surface area contributed by atoms with Gasteiger partial charge in [-0.05, 0) is 11.4 Å². The molecule has 1 rings (SSSR count). The van der Waals surface area contributed by atoms with Gasteiger partial charge in [0.2, 0.25) is 0 Å². The zero-order chi connectivity index (χ0) is 15.1. The molecule has 1 atom stereocenters. The predicted octanol–water partition coefficient (Wildman–Crippen LogP) is 3.42. The van der Waals surface area contributed by atoms with Gasteiger partial charge in [0.15, 0.2) is 5.78 Å². The summed E-state index contributed by atoms with van der Waals surface area (Å²) in [6.07, 6.45) is -12.0. The maximum Gasteiger partial charge on any atom is 0.427 e. The maximum atomic E-state index is 12.5. The van der Waals surface area contributed by atoms with E-state index in [2.05, 4.69) is 0 Å². The average Bonchev–Trinajstić information content (AvgIpc) is 2.76. The molecule has 9 heteroatoms. The van der Waals surface area contributed by atoms with E-state index < -0.39 is 29.7 Å². The minimum atomic E-state index is -6.00. The summed E-state index contributed by atoms with van der Waals surface area (Å²) >= 11 is 0.701. The van der Waals surface area contributed by atoms with Crippen molar-refractivity contribution in [3.05, 3.63) is 22.4 Å². The molecule has 0 aliphatic rings. The Hall–Kier alpha value is -1.09. The Balaban J connectivity index is 3.25. The molecule has 0 spiro atoms. The molecule has 0 amide bonds. The van der Waals surface area contributed by atoms with E-state index in [0.717, 1.165) is 6.07 Å². The highest BCUT2D eigenvalue weighted by atomic mass is 32.1. The molecule has 0 fully saturated rings. The number of halogens is 6. The normalized spacial score (nSPS) is 15.4. The van der Waals surface area contributed by atoms with Crippen molar-refractivity contribution < 1.29 is 36.2 Å². The lowest BCUT2D eigenvalue weighted by atomic mass is 9.83. The Labute approximate surface area is 107 Å². The third-order valence-electron chi connectivity index (χ3n) is 2.65. The van der Waals surface area contributed by atoms with Crippen LogP contribution < -0.4 is 0 Å². The molecule has 2 nitrogen and oxygen atoms in total. The van der Waals surface area contributed by atoms with Crippen LogP contribution in [0.4, 0.5) is 26.3 Å². The standard InChI is InChI=1S/C10H8F6O2S/c1-5(7(17)6-3-2-4-19-6)8(18,9(11,12)13)10(14,15)16/h2-5,18H,1H3. The Morgan fingerprint density at radius 3 is 2.00 bits per heavy atom. The van der Waals surface area contributed by atoms with Crippen LogP contribution in [-0.2, 0) is 0 Å². The van der Waals surface area contributed by atoms with Gasteiger partial charge >= 0.3 is 12.4 Å². The van der Waals surface area contributed by atoms with Gasteiger partial charge in [-0.2, -0.15) is 26.3 Å². The van der Waals surface area contributed by atoms with Crippen molar-refractivity contribution in [3.8, 4) is 0 Å². The van der Waals surface area contributed by atoms with Crippen LogP contribution in [0.1, 0.15) is 16.6 Å². The number of alkyl halides is 6. The molecular weight excluding hydrogens is 298 g/mol. The minimum Gasteiger partial charge on any atom is -0.373 e. The molecule has 1 aromatic rings. The third-order valence-corrected chi connectivity index (χ3v) is 3.53. The second-order valence-electron chi connectivity index (χ2n) is 3.83. The van der Waals surface area contributed by atoms with E-state index in [9.17, 15) is 31.1 Å². The molecule has 0 radical (unpaired) electrons. The lowest BCUT2D eigenvalue weighted by Crippen LogP contribution is -2.62. The molecule has 0 aliphatic heterocycles. The summed E-state index contributed by atoms with van der Waals surface area (Å²) in [5, 5.41) is 10.4. The smallest absolute Gasteiger partial charge is 0.373 e. The second-order valence-corrected chi connectivity index (χ2v) is 4.77. The fourth-order valence-electron chi connectivity index (χ4n) is 1.47.